The van der Waals surface area contributed by atoms with Crippen molar-refractivity contribution in [3.8, 4) is 17.6 Å². The molecular formula is C28H27Cl2N5O3. The molecule has 0 fully saturated rings. The van der Waals surface area contributed by atoms with Crippen LogP contribution in [0.25, 0.3) is 5.69 Å². The van der Waals surface area contributed by atoms with Crippen molar-refractivity contribution in [3.05, 3.63) is 86.3 Å². The predicted molar refractivity (Wildman–Crippen MR) is 147 cm³/mol. The van der Waals surface area contributed by atoms with Crippen molar-refractivity contribution in [1.82, 2.24) is 19.7 Å². The van der Waals surface area contributed by atoms with E-state index in [2.05, 4.69) is 23.8 Å². The van der Waals surface area contributed by atoms with Gasteiger partial charge in [-0.15, -0.1) is 0 Å². The topological polar surface area (TPSA) is 82.4 Å². The Morgan fingerprint density at radius 2 is 1.66 bits per heavy atom. The van der Waals surface area contributed by atoms with Gasteiger partial charge in [0.05, 0.1) is 32.2 Å². The van der Waals surface area contributed by atoms with E-state index in [1.807, 2.05) is 50.2 Å². The van der Waals surface area contributed by atoms with Crippen LogP contribution in [0.3, 0.4) is 0 Å². The third kappa shape index (κ3) is 4.18. The third-order valence-corrected chi connectivity index (χ3v) is 7.20. The molecule has 1 unspecified atom stereocenters. The van der Waals surface area contributed by atoms with Gasteiger partial charge in [-0.1, -0.05) is 49.2 Å². The van der Waals surface area contributed by atoms with Crippen molar-refractivity contribution in [1.29, 1.82) is 0 Å². The molecule has 2 aromatic carbocycles. The molecule has 4 aromatic rings. The number of aryl methyl sites for hydroxylation is 2. The highest BCUT2D eigenvalue weighted by molar-refractivity contribution is 6.31. The molecule has 1 aliphatic heterocycles. The van der Waals surface area contributed by atoms with E-state index in [-0.39, 0.29) is 23.7 Å². The smallest absolute Gasteiger partial charge is 0.319 e. The molecule has 10 heteroatoms. The molecule has 5 rings (SSSR count). The summed E-state index contributed by atoms with van der Waals surface area (Å²) in [6.45, 7) is 8.08. The van der Waals surface area contributed by atoms with Crippen molar-refractivity contribution >= 4 is 34.8 Å². The number of carbonyl (C=O) groups excluding carboxylic acids is 1. The molecule has 8 nitrogen and oxygen atoms in total. The first-order valence-corrected chi connectivity index (χ1v) is 12.9. The fraction of sp³-hybridized carbons (Fsp3) is 0.286. The van der Waals surface area contributed by atoms with Gasteiger partial charge in [-0.05, 0) is 60.7 Å². The standard InChI is InChI=1S/C28H27Cl2N5O3/c1-14(2)24-22-23(33-35(24)21-13-31-28(38-6)32-26(21)37-5)27(36)34(20-12-18(30)8-7-15(20)3)25(22)19-10-9-17(29)11-16(19)4/h7-14,25H,1-6H3. The Kier molecular flexibility index (Phi) is 6.79. The molecule has 196 valence electrons. The lowest BCUT2D eigenvalue weighted by Gasteiger charge is -2.30. The van der Waals surface area contributed by atoms with E-state index in [1.54, 1.807) is 15.8 Å². The van der Waals surface area contributed by atoms with Gasteiger partial charge in [0.25, 0.3) is 5.91 Å². The molecule has 2 aromatic heterocycles. The summed E-state index contributed by atoms with van der Waals surface area (Å²) in [5.41, 5.74) is 6.08. The van der Waals surface area contributed by atoms with Crippen LogP contribution in [0.15, 0.2) is 42.6 Å². The molecule has 1 aliphatic rings. The van der Waals surface area contributed by atoms with Crippen LogP contribution in [0.5, 0.6) is 11.9 Å². The zero-order valence-corrected chi connectivity index (χ0v) is 23.4. The summed E-state index contributed by atoms with van der Waals surface area (Å²) in [6.07, 6.45) is 1.59. The Bertz CT molecular complexity index is 1570. The summed E-state index contributed by atoms with van der Waals surface area (Å²) in [4.78, 5) is 24.6. The van der Waals surface area contributed by atoms with Crippen LogP contribution in [0.2, 0.25) is 10.0 Å². The van der Waals surface area contributed by atoms with Crippen LogP contribution < -0.4 is 14.4 Å². The van der Waals surface area contributed by atoms with E-state index in [4.69, 9.17) is 37.8 Å². The number of benzene rings is 2. The summed E-state index contributed by atoms with van der Waals surface area (Å²) in [6, 6.07) is 11.0. The number of ether oxygens (including phenoxy) is 2. The highest BCUT2D eigenvalue weighted by Gasteiger charge is 2.46. The molecule has 3 heterocycles. The maximum Gasteiger partial charge on any atom is 0.319 e. The maximum absolute atomic E-state index is 14.2. The van der Waals surface area contributed by atoms with Crippen LogP contribution in [0, 0.1) is 13.8 Å². The van der Waals surface area contributed by atoms with E-state index < -0.39 is 6.04 Å². The van der Waals surface area contributed by atoms with E-state index >= 15 is 0 Å². The highest BCUT2D eigenvalue weighted by Crippen LogP contribution is 2.47. The lowest BCUT2D eigenvalue weighted by molar-refractivity contribution is 0.0988. The molecule has 38 heavy (non-hydrogen) atoms. The number of methoxy groups -OCH3 is 2. The van der Waals surface area contributed by atoms with Gasteiger partial charge in [-0.3, -0.25) is 9.69 Å². The van der Waals surface area contributed by atoms with Gasteiger partial charge in [0.1, 0.15) is 5.69 Å². The quantitative estimate of drug-likeness (QED) is 0.273. The Balaban J connectivity index is 1.81. The zero-order chi connectivity index (χ0) is 27.3. The van der Waals surface area contributed by atoms with E-state index in [0.717, 1.165) is 33.6 Å². The Morgan fingerprint density at radius 3 is 2.32 bits per heavy atom. The predicted octanol–water partition coefficient (Wildman–Crippen LogP) is 6.48. The summed E-state index contributed by atoms with van der Waals surface area (Å²) < 4.78 is 12.4. The maximum atomic E-state index is 14.2. The van der Waals surface area contributed by atoms with Crippen LogP contribution >= 0.6 is 23.2 Å². The first-order chi connectivity index (χ1) is 18.2. The number of fused-ring (bicyclic) bond motifs is 1. The average molecular weight is 552 g/mol. The number of aromatic nitrogens is 4. The number of hydrogen-bond acceptors (Lipinski definition) is 6. The second-order valence-corrected chi connectivity index (χ2v) is 10.3. The van der Waals surface area contributed by atoms with Crippen LogP contribution in [-0.2, 0) is 0 Å². The molecule has 0 radical (unpaired) electrons. The Labute approximate surface area is 231 Å². The number of carbonyl (C=O) groups is 1. The zero-order valence-electron chi connectivity index (χ0n) is 21.9. The van der Waals surface area contributed by atoms with Crippen LogP contribution in [0.4, 0.5) is 5.69 Å². The van der Waals surface area contributed by atoms with Gasteiger partial charge in [0, 0.05) is 21.3 Å². The normalized spacial score (nSPS) is 14.8. The van der Waals surface area contributed by atoms with Crippen LogP contribution in [-0.4, -0.2) is 39.9 Å². The number of nitrogens with zero attached hydrogens (tertiary/aromatic N) is 5. The fourth-order valence-corrected chi connectivity index (χ4v) is 5.43. The minimum absolute atomic E-state index is 0.0126. The summed E-state index contributed by atoms with van der Waals surface area (Å²) in [5.74, 6) is 0.0503. The van der Waals surface area contributed by atoms with Crippen molar-refractivity contribution in [2.45, 2.75) is 39.7 Å². The lowest BCUT2D eigenvalue weighted by Crippen LogP contribution is -2.31. The van der Waals surface area contributed by atoms with Crippen LogP contribution in [0.1, 0.15) is 64.2 Å². The van der Waals surface area contributed by atoms with Gasteiger partial charge in [0.2, 0.25) is 5.88 Å². The van der Waals surface area contributed by atoms with Crippen molar-refractivity contribution in [2.75, 3.05) is 19.1 Å². The molecular weight excluding hydrogens is 525 g/mol. The minimum atomic E-state index is -0.455. The molecule has 0 N–H and O–H groups in total. The molecule has 1 atom stereocenters. The van der Waals surface area contributed by atoms with Gasteiger partial charge < -0.3 is 9.47 Å². The summed E-state index contributed by atoms with van der Waals surface area (Å²) in [5, 5.41) is 6.02. The highest BCUT2D eigenvalue weighted by atomic mass is 35.5. The molecule has 0 saturated carbocycles. The lowest BCUT2D eigenvalue weighted by atomic mass is 9.91. The van der Waals surface area contributed by atoms with Gasteiger partial charge in [-0.2, -0.15) is 10.1 Å². The number of anilines is 1. The van der Waals surface area contributed by atoms with Crippen molar-refractivity contribution in [3.63, 3.8) is 0 Å². The number of rotatable bonds is 6. The summed E-state index contributed by atoms with van der Waals surface area (Å²) >= 11 is 12.7. The minimum Gasteiger partial charge on any atom is -0.479 e. The third-order valence-electron chi connectivity index (χ3n) is 6.73. The molecule has 0 saturated heterocycles. The first-order valence-electron chi connectivity index (χ1n) is 12.1. The van der Waals surface area contributed by atoms with Gasteiger partial charge in [0.15, 0.2) is 5.69 Å². The van der Waals surface area contributed by atoms with E-state index in [0.29, 0.717) is 21.4 Å². The van der Waals surface area contributed by atoms with Gasteiger partial charge >= 0.3 is 6.01 Å². The molecule has 0 aliphatic carbocycles. The van der Waals surface area contributed by atoms with E-state index in [1.165, 1.54) is 14.2 Å². The first kappa shape index (κ1) is 26.0. The summed E-state index contributed by atoms with van der Waals surface area (Å²) in [7, 11) is 3.01. The fourth-order valence-electron chi connectivity index (χ4n) is 5.04. The molecule has 0 bridgehead atoms. The van der Waals surface area contributed by atoms with Gasteiger partial charge in [-0.25, -0.2) is 9.67 Å². The monoisotopic (exact) mass is 551 g/mol. The Morgan fingerprint density at radius 1 is 0.947 bits per heavy atom. The largest absolute Gasteiger partial charge is 0.479 e. The average Bonchev–Trinajstić information content (AvgIpc) is 3.40. The number of hydrogen-bond donors (Lipinski definition) is 0. The van der Waals surface area contributed by atoms with Crippen molar-refractivity contribution in [2.24, 2.45) is 0 Å². The van der Waals surface area contributed by atoms with E-state index in [9.17, 15) is 4.79 Å². The molecule has 0 spiro atoms. The van der Waals surface area contributed by atoms with Crippen molar-refractivity contribution < 1.29 is 14.3 Å². The molecule has 1 amide bonds. The number of amides is 1. The SMILES string of the molecule is COc1ncc(-n2nc3c(c2C(C)C)C(c2ccc(Cl)cc2C)N(c2cc(Cl)ccc2C)C3=O)c(OC)n1. The second-order valence-electron chi connectivity index (χ2n) is 9.47. The number of halogens is 2. The second kappa shape index (κ2) is 9.93. The Hall–Kier alpha value is -3.62.